The summed E-state index contributed by atoms with van der Waals surface area (Å²) in [6, 6.07) is 5.64. The lowest BCUT2D eigenvalue weighted by Crippen LogP contribution is -2.17. The first kappa shape index (κ1) is 11.6. The largest absolute Gasteiger partial charge is 0.385 e. The van der Waals surface area contributed by atoms with Gasteiger partial charge in [-0.25, -0.2) is 4.98 Å². The Bertz CT molecular complexity index is 599. The van der Waals surface area contributed by atoms with Gasteiger partial charge in [-0.15, -0.1) is 5.10 Å². The zero-order valence-electron chi connectivity index (χ0n) is 10.3. The number of carbonyl (C=O) groups excluding carboxylic acids is 1. The molecule has 0 bridgehead atoms. The molecule has 6 nitrogen and oxygen atoms in total. The fourth-order valence-electron chi connectivity index (χ4n) is 2.09. The number of amides is 1. The van der Waals surface area contributed by atoms with Crippen LogP contribution in [0.1, 0.15) is 22.3 Å². The maximum Gasteiger partial charge on any atom is 0.258 e. The topological polar surface area (TPSA) is 79.8 Å². The zero-order valence-corrected chi connectivity index (χ0v) is 10.3. The summed E-state index contributed by atoms with van der Waals surface area (Å²) >= 11 is 0. The van der Waals surface area contributed by atoms with Crippen LogP contribution in [-0.4, -0.2) is 27.6 Å². The molecule has 1 aromatic heterocycles. The molecule has 0 aliphatic carbocycles. The van der Waals surface area contributed by atoms with Crippen molar-refractivity contribution in [2.24, 2.45) is 0 Å². The molecule has 3 rings (SSSR count). The van der Waals surface area contributed by atoms with Gasteiger partial charge in [0.25, 0.3) is 5.91 Å². The summed E-state index contributed by atoms with van der Waals surface area (Å²) in [5.74, 6) is -0.00952. The summed E-state index contributed by atoms with van der Waals surface area (Å²) in [5, 5.41) is 13.3. The summed E-state index contributed by atoms with van der Waals surface area (Å²) in [5.41, 5.74) is 2.89. The van der Waals surface area contributed by atoms with Crippen LogP contribution in [0.4, 0.5) is 11.6 Å². The molecule has 0 radical (unpaired) electrons. The summed E-state index contributed by atoms with van der Waals surface area (Å²) in [7, 11) is 0. The molecule has 2 heterocycles. The van der Waals surface area contributed by atoms with Crippen LogP contribution >= 0.6 is 0 Å². The van der Waals surface area contributed by atoms with Crippen LogP contribution in [0.5, 0.6) is 0 Å². The highest BCUT2D eigenvalue weighted by Gasteiger charge is 2.13. The molecular formula is C13H13N5O. The Hall–Kier alpha value is -2.50. The van der Waals surface area contributed by atoms with Crippen LogP contribution in [0.25, 0.3) is 0 Å². The quantitative estimate of drug-likeness (QED) is 0.849. The molecule has 0 saturated heterocycles. The van der Waals surface area contributed by atoms with Crippen LogP contribution in [0, 0.1) is 0 Å². The standard InChI is InChI=1S/C13H13N5O/c19-12(17-13-15-6-7-16-18-13)10-3-4-11-9(8-10)2-1-5-14-11/h3-4,6-8,14H,1-2,5H2,(H,15,17,18,19). The first-order valence-corrected chi connectivity index (χ1v) is 6.15. The van der Waals surface area contributed by atoms with Crippen LogP contribution in [-0.2, 0) is 6.42 Å². The first-order chi connectivity index (χ1) is 9.33. The number of anilines is 2. The minimum absolute atomic E-state index is 0.211. The third-order valence-corrected chi connectivity index (χ3v) is 3.01. The summed E-state index contributed by atoms with van der Waals surface area (Å²) in [4.78, 5) is 16.0. The number of nitrogens with zero attached hydrogens (tertiary/aromatic N) is 3. The maximum atomic E-state index is 12.1. The molecule has 0 spiro atoms. The van der Waals surface area contributed by atoms with E-state index in [0.717, 1.165) is 25.1 Å². The van der Waals surface area contributed by atoms with Crippen molar-refractivity contribution in [3.8, 4) is 0 Å². The average Bonchev–Trinajstić information content (AvgIpc) is 2.48. The van der Waals surface area contributed by atoms with E-state index in [0.29, 0.717) is 5.56 Å². The number of hydrogen-bond donors (Lipinski definition) is 2. The van der Waals surface area contributed by atoms with Crippen LogP contribution in [0.3, 0.4) is 0 Å². The lowest BCUT2D eigenvalue weighted by Gasteiger charge is -2.18. The number of carbonyl (C=O) groups is 1. The van der Waals surface area contributed by atoms with Gasteiger partial charge < -0.3 is 5.32 Å². The molecule has 0 saturated carbocycles. The molecule has 96 valence electrons. The van der Waals surface area contributed by atoms with E-state index in [1.165, 1.54) is 18.0 Å². The van der Waals surface area contributed by atoms with Gasteiger partial charge in [-0.2, -0.15) is 5.10 Å². The minimum Gasteiger partial charge on any atom is -0.385 e. The molecule has 1 aliphatic heterocycles. The number of rotatable bonds is 2. The van der Waals surface area contributed by atoms with Gasteiger partial charge in [0.1, 0.15) is 0 Å². The molecule has 6 heteroatoms. The molecule has 0 unspecified atom stereocenters. The van der Waals surface area contributed by atoms with Crippen molar-refractivity contribution < 1.29 is 4.79 Å². The maximum absolute atomic E-state index is 12.1. The van der Waals surface area contributed by atoms with Gasteiger partial charge in [0.05, 0.1) is 12.4 Å². The van der Waals surface area contributed by atoms with Crippen molar-refractivity contribution in [1.29, 1.82) is 0 Å². The second kappa shape index (κ2) is 5.01. The molecule has 19 heavy (non-hydrogen) atoms. The molecule has 1 aliphatic rings. The Kier molecular flexibility index (Phi) is 3.06. The second-order valence-electron chi connectivity index (χ2n) is 4.32. The van der Waals surface area contributed by atoms with Gasteiger partial charge >= 0.3 is 0 Å². The number of benzene rings is 1. The second-order valence-corrected chi connectivity index (χ2v) is 4.32. The predicted molar refractivity (Wildman–Crippen MR) is 71.0 cm³/mol. The molecule has 0 fully saturated rings. The van der Waals surface area contributed by atoms with Crippen LogP contribution < -0.4 is 10.6 Å². The fourth-order valence-corrected chi connectivity index (χ4v) is 2.09. The Morgan fingerprint density at radius 3 is 3.11 bits per heavy atom. The van der Waals surface area contributed by atoms with Crippen molar-refractivity contribution >= 4 is 17.5 Å². The lowest BCUT2D eigenvalue weighted by atomic mass is 10.0. The first-order valence-electron chi connectivity index (χ1n) is 6.15. The van der Waals surface area contributed by atoms with Crippen molar-refractivity contribution in [1.82, 2.24) is 15.2 Å². The van der Waals surface area contributed by atoms with Crippen molar-refractivity contribution in [2.45, 2.75) is 12.8 Å². The Labute approximate surface area is 110 Å². The molecule has 2 aromatic rings. The van der Waals surface area contributed by atoms with Crippen LogP contribution in [0.2, 0.25) is 0 Å². The number of hydrogen-bond acceptors (Lipinski definition) is 5. The summed E-state index contributed by atoms with van der Waals surface area (Å²) < 4.78 is 0. The van der Waals surface area contributed by atoms with Gasteiger partial charge in [0, 0.05) is 17.8 Å². The van der Waals surface area contributed by atoms with E-state index in [1.54, 1.807) is 6.07 Å². The van der Waals surface area contributed by atoms with Crippen molar-refractivity contribution in [3.05, 3.63) is 41.7 Å². The fraction of sp³-hybridized carbons (Fsp3) is 0.231. The Morgan fingerprint density at radius 1 is 1.32 bits per heavy atom. The smallest absolute Gasteiger partial charge is 0.258 e. The van der Waals surface area contributed by atoms with Crippen molar-refractivity contribution in [2.75, 3.05) is 17.2 Å². The van der Waals surface area contributed by atoms with Gasteiger partial charge in [0.15, 0.2) is 0 Å². The van der Waals surface area contributed by atoms with E-state index >= 15 is 0 Å². The number of fused-ring (bicyclic) bond motifs is 1. The van der Waals surface area contributed by atoms with Gasteiger partial charge in [0.2, 0.25) is 5.95 Å². The van der Waals surface area contributed by atoms with Gasteiger partial charge in [-0.05, 0) is 36.6 Å². The van der Waals surface area contributed by atoms with E-state index in [2.05, 4.69) is 25.8 Å². The molecule has 1 aromatic carbocycles. The lowest BCUT2D eigenvalue weighted by molar-refractivity contribution is 0.102. The summed E-state index contributed by atoms with van der Waals surface area (Å²) in [6.45, 7) is 0.988. The normalized spacial score (nSPS) is 13.3. The van der Waals surface area contributed by atoms with E-state index < -0.39 is 0 Å². The third-order valence-electron chi connectivity index (χ3n) is 3.01. The van der Waals surface area contributed by atoms with E-state index in [-0.39, 0.29) is 11.9 Å². The molecule has 0 atom stereocenters. The Morgan fingerprint density at radius 2 is 2.26 bits per heavy atom. The SMILES string of the molecule is O=C(Nc1nccnn1)c1ccc2c(c1)CCCN2. The summed E-state index contributed by atoms with van der Waals surface area (Å²) in [6.07, 6.45) is 5.02. The highest BCUT2D eigenvalue weighted by atomic mass is 16.1. The number of nitrogens with one attached hydrogen (secondary N) is 2. The number of aryl methyl sites for hydroxylation is 1. The Balaban J connectivity index is 1.80. The minimum atomic E-state index is -0.221. The molecular weight excluding hydrogens is 242 g/mol. The predicted octanol–water partition coefficient (Wildman–Crippen LogP) is 1.48. The van der Waals surface area contributed by atoms with E-state index in [9.17, 15) is 4.79 Å². The molecule has 1 amide bonds. The highest BCUT2D eigenvalue weighted by Crippen LogP contribution is 2.23. The zero-order chi connectivity index (χ0) is 13.1. The van der Waals surface area contributed by atoms with Gasteiger partial charge in [-0.1, -0.05) is 0 Å². The van der Waals surface area contributed by atoms with Crippen LogP contribution in [0.15, 0.2) is 30.6 Å². The van der Waals surface area contributed by atoms with E-state index in [4.69, 9.17) is 0 Å². The highest BCUT2D eigenvalue weighted by molar-refractivity contribution is 6.03. The molecule has 2 N–H and O–H groups in total. The van der Waals surface area contributed by atoms with Gasteiger partial charge in [-0.3, -0.25) is 10.1 Å². The van der Waals surface area contributed by atoms with Crippen molar-refractivity contribution in [3.63, 3.8) is 0 Å². The third kappa shape index (κ3) is 2.52. The average molecular weight is 255 g/mol. The monoisotopic (exact) mass is 255 g/mol. The van der Waals surface area contributed by atoms with E-state index in [1.807, 2.05) is 12.1 Å². The number of aromatic nitrogens is 3.